The van der Waals surface area contributed by atoms with Crippen molar-refractivity contribution < 1.29 is 14.3 Å². The number of aliphatic imine (C=N–C) groups is 1. The molecule has 0 radical (unpaired) electrons. The van der Waals surface area contributed by atoms with Gasteiger partial charge < -0.3 is 24.6 Å². The van der Waals surface area contributed by atoms with E-state index < -0.39 is 0 Å². The van der Waals surface area contributed by atoms with Crippen LogP contribution in [-0.2, 0) is 19.7 Å². The second-order valence-electron chi connectivity index (χ2n) is 8.92. The number of benzene rings is 1. The topological polar surface area (TPSA) is 66.4 Å². The van der Waals surface area contributed by atoms with Crippen molar-refractivity contribution in [1.29, 1.82) is 0 Å². The summed E-state index contributed by atoms with van der Waals surface area (Å²) >= 11 is 0. The van der Waals surface area contributed by atoms with Crippen LogP contribution in [0.4, 0.5) is 0 Å². The van der Waals surface area contributed by atoms with Gasteiger partial charge in [-0.25, -0.2) is 0 Å². The standard InChI is InChI=1S/C24H36N4O3.HI/c1-19-6-3-4-7-20(19)24(9-16-30-17-10-24)18-26-23(25-2)28-13-11-27(12-14-28)22(29)21-8-5-15-31-21;/h3-4,6-7,21H,5,8-18H2,1-2H3,(H,25,26);1H. The van der Waals surface area contributed by atoms with E-state index in [-0.39, 0.29) is 41.4 Å². The van der Waals surface area contributed by atoms with Gasteiger partial charge in [0.05, 0.1) is 0 Å². The molecule has 1 aromatic rings. The first-order valence-corrected chi connectivity index (χ1v) is 11.6. The maximum atomic E-state index is 12.6. The third kappa shape index (κ3) is 5.56. The van der Waals surface area contributed by atoms with Crippen LogP contribution in [0.15, 0.2) is 29.3 Å². The maximum Gasteiger partial charge on any atom is 0.251 e. The second kappa shape index (κ2) is 11.7. The lowest BCUT2D eigenvalue weighted by Gasteiger charge is -2.41. The summed E-state index contributed by atoms with van der Waals surface area (Å²) in [6.07, 6.45) is 3.62. The molecular formula is C24H37IN4O3. The quantitative estimate of drug-likeness (QED) is 0.351. The minimum atomic E-state index is -0.230. The molecule has 0 aliphatic carbocycles. The number of amides is 1. The molecule has 1 atom stereocenters. The number of aryl methyl sites for hydroxylation is 1. The largest absolute Gasteiger partial charge is 0.381 e. The average Bonchev–Trinajstić information content (AvgIpc) is 3.35. The summed E-state index contributed by atoms with van der Waals surface area (Å²) in [7, 11) is 1.84. The molecule has 3 aliphatic rings. The number of ether oxygens (including phenoxy) is 2. The average molecular weight is 556 g/mol. The zero-order chi connectivity index (χ0) is 21.7. The predicted molar refractivity (Wildman–Crippen MR) is 137 cm³/mol. The number of carbonyl (C=O) groups excluding carboxylic acids is 1. The van der Waals surface area contributed by atoms with Gasteiger partial charge >= 0.3 is 0 Å². The Kier molecular flexibility index (Phi) is 9.19. The third-order valence-electron chi connectivity index (χ3n) is 7.06. The van der Waals surface area contributed by atoms with Crippen LogP contribution in [0.3, 0.4) is 0 Å². The second-order valence-corrected chi connectivity index (χ2v) is 8.92. The van der Waals surface area contributed by atoms with Crippen molar-refractivity contribution in [2.24, 2.45) is 4.99 Å². The molecule has 1 amide bonds. The monoisotopic (exact) mass is 556 g/mol. The molecule has 32 heavy (non-hydrogen) atoms. The molecule has 0 aromatic heterocycles. The van der Waals surface area contributed by atoms with E-state index in [0.717, 1.165) is 77.6 Å². The first-order chi connectivity index (χ1) is 15.1. The molecule has 0 spiro atoms. The Balaban J connectivity index is 0.00000289. The number of hydrogen-bond donors (Lipinski definition) is 1. The summed E-state index contributed by atoms with van der Waals surface area (Å²) in [5.41, 5.74) is 2.80. The van der Waals surface area contributed by atoms with Crippen LogP contribution >= 0.6 is 24.0 Å². The van der Waals surface area contributed by atoms with E-state index in [2.05, 4.69) is 46.4 Å². The molecule has 0 bridgehead atoms. The van der Waals surface area contributed by atoms with Gasteiger partial charge in [-0.2, -0.15) is 0 Å². The van der Waals surface area contributed by atoms with Crippen molar-refractivity contribution >= 4 is 35.8 Å². The van der Waals surface area contributed by atoms with Gasteiger partial charge in [0.2, 0.25) is 0 Å². The van der Waals surface area contributed by atoms with Crippen molar-refractivity contribution in [1.82, 2.24) is 15.1 Å². The van der Waals surface area contributed by atoms with Crippen LogP contribution < -0.4 is 5.32 Å². The first kappa shape index (κ1) is 25.2. The molecule has 1 N–H and O–H groups in total. The fraction of sp³-hybridized carbons (Fsp3) is 0.667. The number of nitrogens with zero attached hydrogens (tertiary/aromatic N) is 3. The van der Waals surface area contributed by atoms with Gasteiger partial charge in [0, 0.05) is 65.0 Å². The predicted octanol–water partition coefficient (Wildman–Crippen LogP) is 2.56. The molecule has 3 saturated heterocycles. The van der Waals surface area contributed by atoms with Crippen molar-refractivity contribution in [3.8, 4) is 0 Å². The fourth-order valence-electron chi connectivity index (χ4n) is 5.17. The van der Waals surface area contributed by atoms with E-state index in [1.54, 1.807) is 0 Å². The SMILES string of the molecule is CN=C(NCC1(c2ccccc2C)CCOCC1)N1CCN(C(=O)C2CCCO2)CC1.I. The van der Waals surface area contributed by atoms with E-state index in [0.29, 0.717) is 6.61 Å². The molecule has 7 nitrogen and oxygen atoms in total. The lowest BCUT2D eigenvalue weighted by Crippen LogP contribution is -2.56. The summed E-state index contributed by atoms with van der Waals surface area (Å²) in [6.45, 7) is 8.34. The van der Waals surface area contributed by atoms with E-state index in [4.69, 9.17) is 9.47 Å². The van der Waals surface area contributed by atoms with Crippen molar-refractivity contribution in [2.75, 3.05) is 59.6 Å². The highest BCUT2D eigenvalue weighted by molar-refractivity contribution is 14.0. The van der Waals surface area contributed by atoms with Crippen molar-refractivity contribution in [2.45, 2.75) is 44.1 Å². The molecular weight excluding hydrogens is 519 g/mol. The summed E-state index contributed by atoms with van der Waals surface area (Å²) in [6, 6.07) is 8.71. The van der Waals surface area contributed by atoms with Gasteiger partial charge in [-0.3, -0.25) is 9.79 Å². The lowest BCUT2D eigenvalue weighted by atomic mass is 9.72. The number of halogens is 1. The van der Waals surface area contributed by atoms with E-state index in [1.807, 2.05) is 11.9 Å². The number of guanidine groups is 1. The maximum absolute atomic E-state index is 12.6. The molecule has 1 unspecified atom stereocenters. The van der Waals surface area contributed by atoms with Crippen LogP contribution in [-0.4, -0.2) is 87.4 Å². The summed E-state index contributed by atoms with van der Waals surface area (Å²) < 4.78 is 11.3. The Morgan fingerprint density at radius 3 is 2.44 bits per heavy atom. The Morgan fingerprint density at radius 2 is 1.81 bits per heavy atom. The van der Waals surface area contributed by atoms with Crippen LogP contribution in [0.25, 0.3) is 0 Å². The minimum Gasteiger partial charge on any atom is -0.381 e. The van der Waals surface area contributed by atoms with E-state index in [9.17, 15) is 4.79 Å². The Hall–Kier alpha value is -1.39. The fourth-order valence-corrected chi connectivity index (χ4v) is 5.17. The molecule has 0 saturated carbocycles. The van der Waals surface area contributed by atoms with Gasteiger partial charge in [0.1, 0.15) is 6.10 Å². The molecule has 3 aliphatic heterocycles. The number of nitrogens with one attached hydrogen (secondary N) is 1. The van der Waals surface area contributed by atoms with Gasteiger partial charge in [-0.05, 0) is 43.7 Å². The molecule has 178 valence electrons. The van der Waals surface area contributed by atoms with Crippen molar-refractivity contribution in [3.05, 3.63) is 35.4 Å². The summed E-state index contributed by atoms with van der Waals surface area (Å²) in [5.74, 6) is 1.07. The number of piperazine rings is 1. The van der Waals surface area contributed by atoms with Crippen LogP contribution in [0.1, 0.15) is 36.8 Å². The summed E-state index contributed by atoms with van der Waals surface area (Å²) in [4.78, 5) is 21.4. The molecule has 1 aromatic carbocycles. The molecule has 4 rings (SSSR count). The highest BCUT2D eigenvalue weighted by Crippen LogP contribution is 2.36. The molecule has 3 fully saturated rings. The van der Waals surface area contributed by atoms with E-state index in [1.165, 1.54) is 11.1 Å². The Bertz CT molecular complexity index is 783. The van der Waals surface area contributed by atoms with Crippen LogP contribution in [0.5, 0.6) is 0 Å². The molecule has 3 heterocycles. The van der Waals surface area contributed by atoms with Crippen LogP contribution in [0, 0.1) is 6.92 Å². The smallest absolute Gasteiger partial charge is 0.251 e. The normalized spacial score (nSPS) is 23.6. The number of carbonyl (C=O) groups is 1. The zero-order valence-corrected chi connectivity index (χ0v) is 21.7. The Labute approximate surface area is 208 Å². The van der Waals surface area contributed by atoms with Crippen LogP contribution in [0.2, 0.25) is 0 Å². The van der Waals surface area contributed by atoms with Gasteiger partial charge in [-0.15, -0.1) is 24.0 Å². The van der Waals surface area contributed by atoms with Crippen molar-refractivity contribution in [3.63, 3.8) is 0 Å². The number of rotatable bonds is 4. The highest BCUT2D eigenvalue weighted by atomic mass is 127. The first-order valence-electron chi connectivity index (χ1n) is 11.6. The number of hydrogen-bond acceptors (Lipinski definition) is 4. The van der Waals surface area contributed by atoms with Gasteiger partial charge in [-0.1, -0.05) is 24.3 Å². The third-order valence-corrected chi connectivity index (χ3v) is 7.06. The highest BCUT2D eigenvalue weighted by Gasteiger charge is 2.36. The van der Waals surface area contributed by atoms with Gasteiger partial charge in [0.25, 0.3) is 5.91 Å². The van der Waals surface area contributed by atoms with Gasteiger partial charge in [0.15, 0.2) is 5.96 Å². The Morgan fingerprint density at radius 1 is 1.12 bits per heavy atom. The van der Waals surface area contributed by atoms with E-state index >= 15 is 0 Å². The molecule has 8 heteroatoms. The zero-order valence-electron chi connectivity index (χ0n) is 19.3. The minimum absolute atomic E-state index is 0. The summed E-state index contributed by atoms with van der Waals surface area (Å²) in [5, 5.41) is 3.67. The lowest BCUT2D eigenvalue weighted by molar-refractivity contribution is -0.142.